The number of rotatable bonds is 8. The molecule has 1 atom stereocenters. The van der Waals surface area contributed by atoms with Crippen LogP contribution in [-0.4, -0.2) is 29.3 Å². The molecule has 0 fully saturated rings. The highest BCUT2D eigenvalue weighted by Crippen LogP contribution is 2.19. The molecule has 6 nitrogen and oxygen atoms in total. The van der Waals surface area contributed by atoms with E-state index in [4.69, 9.17) is 14.0 Å². The van der Waals surface area contributed by atoms with Gasteiger partial charge >= 0.3 is 5.97 Å². The van der Waals surface area contributed by atoms with Gasteiger partial charge in [-0.15, -0.1) is 0 Å². The molecule has 102 valence electrons. The van der Waals surface area contributed by atoms with Crippen LogP contribution >= 0.6 is 0 Å². The van der Waals surface area contributed by atoms with Crippen molar-refractivity contribution in [3.05, 3.63) is 11.7 Å². The van der Waals surface area contributed by atoms with Crippen LogP contribution in [0.2, 0.25) is 0 Å². The van der Waals surface area contributed by atoms with E-state index in [2.05, 4.69) is 10.1 Å². The van der Waals surface area contributed by atoms with Crippen LogP contribution in [-0.2, 0) is 20.9 Å². The minimum absolute atomic E-state index is 0.297. The summed E-state index contributed by atoms with van der Waals surface area (Å²) in [7, 11) is 0. The summed E-state index contributed by atoms with van der Waals surface area (Å²) < 4.78 is 15.3. The maximum atomic E-state index is 11.7. The van der Waals surface area contributed by atoms with Gasteiger partial charge in [0.15, 0.2) is 5.82 Å². The molecule has 0 saturated carbocycles. The zero-order chi connectivity index (χ0) is 13.4. The average molecular weight is 256 g/mol. The van der Waals surface area contributed by atoms with Crippen molar-refractivity contribution in [2.24, 2.45) is 0 Å². The summed E-state index contributed by atoms with van der Waals surface area (Å²) in [5.74, 6) is -0.0608. The van der Waals surface area contributed by atoms with E-state index in [9.17, 15) is 4.79 Å². The van der Waals surface area contributed by atoms with Crippen molar-refractivity contribution in [1.82, 2.24) is 10.1 Å². The third-order valence-electron chi connectivity index (χ3n) is 2.34. The molecular formula is C12H20N2O4. The Kier molecular flexibility index (Phi) is 6.35. The Labute approximate surface area is 107 Å². The normalized spacial score (nSPS) is 12.4. The van der Waals surface area contributed by atoms with E-state index in [1.54, 1.807) is 6.92 Å². The summed E-state index contributed by atoms with van der Waals surface area (Å²) in [5.41, 5.74) is 0. The van der Waals surface area contributed by atoms with Crippen LogP contribution in [0.4, 0.5) is 0 Å². The van der Waals surface area contributed by atoms with Gasteiger partial charge in [-0.25, -0.2) is 0 Å². The Bertz CT molecular complexity index is 365. The molecule has 0 N–H and O–H groups in total. The minimum atomic E-state index is -0.489. The SMILES string of the molecule is CCCOCc1noc(C(CC)C(=O)OCC)n1. The first-order valence-electron chi connectivity index (χ1n) is 6.29. The number of aromatic nitrogens is 2. The predicted octanol–water partition coefficient (Wildman–Crippen LogP) is 2.05. The fraction of sp³-hybridized carbons (Fsp3) is 0.750. The lowest BCUT2D eigenvalue weighted by Gasteiger charge is -2.08. The molecule has 18 heavy (non-hydrogen) atoms. The molecule has 0 bridgehead atoms. The van der Waals surface area contributed by atoms with Crippen molar-refractivity contribution in [2.45, 2.75) is 46.1 Å². The van der Waals surface area contributed by atoms with Gasteiger partial charge in [-0.3, -0.25) is 4.79 Å². The highest BCUT2D eigenvalue weighted by molar-refractivity contribution is 5.76. The number of hydrogen-bond acceptors (Lipinski definition) is 6. The van der Waals surface area contributed by atoms with Crippen LogP contribution in [0.25, 0.3) is 0 Å². The number of hydrogen-bond donors (Lipinski definition) is 0. The molecule has 0 aromatic carbocycles. The molecule has 1 unspecified atom stereocenters. The lowest BCUT2D eigenvalue weighted by atomic mass is 10.1. The van der Waals surface area contributed by atoms with Gasteiger partial charge in [-0.2, -0.15) is 4.98 Å². The Morgan fingerprint density at radius 3 is 2.78 bits per heavy atom. The zero-order valence-electron chi connectivity index (χ0n) is 11.1. The Morgan fingerprint density at radius 1 is 1.39 bits per heavy atom. The van der Waals surface area contributed by atoms with Crippen molar-refractivity contribution in [3.63, 3.8) is 0 Å². The second kappa shape index (κ2) is 7.81. The Balaban J connectivity index is 2.61. The quantitative estimate of drug-likeness (QED) is 0.523. The number of esters is 1. The fourth-order valence-electron chi connectivity index (χ4n) is 1.46. The number of nitrogens with zero attached hydrogens (tertiary/aromatic N) is 2. The van der Waals surface area contributed by atoms with Gasteiger partial charge in [0.1, 0.15) is 12.5 Å². The molecular weight excluding hydrogens is 236 g/mol. The molecule has 1 rings (SSSR count). The Hall–Kier alpha value is -1.43. The molecule has 1 heterocycles. The summed E-state index contributed by atoms with van der Waals surface area (Å²) in [6.07, 6.45) is 1.50. The first-order valence-corrected chi connectivity index (χ1v) is 6.29. The van der Waals surface area contributed by atoms with E-state index >= 15 is 0 Å². The third-order valence-corrected chi connectivity index (χ3v) is 2.34. The van der Waals surface area contributed by atoms with E-state index in [1.807, 2.05) is 13.8 Å². The fourth-order valence-corrected chi connectivity index (χ4v) is 1.46. The van der Waals surface area contributed by atoms with Gasteiger partial charge in [-0.1, -0.05) is 19.0 Å². The van der Waals surface area contributed by atoms with Crippen LogP contribution in [0.1, 0.15) is 51.2 Å². The first kappa shape index (κ1) is 14.6. The standard InChI is InChI=1S/C12H20N2O4/c1-4-7-16-8-10-13-11(18-14-10)9(5-2)12(15)17-6-3/h9H,4-8H2,1-3H3. The minimum Gasteiger partial charge on any atom is -0.465 e. The van der Waals surface area contributed by atoms with Crippen LogP contribution < -0.4 is 0 Å². The maximum Gasteiger partial charge on any atom is 0.318 e. The summed E-state index contributed by atoms with van der Waals surface area (Å²) in [6, 6.07) is 0. The van der Waals surface area contributed by atoms with Gasteiger partial charge in [0.05, 0.1) is 6.61 Å². The molecule has 1 aromatic rings. The van der Waals surface area contributed by atoms with Gasteiger partial charge in [0.25, 0.3) is 0 Å². The highest BCUT2D eigenvalue weighted by Gasteiger charge is 2.26. The summed E-state index contributed by atoms with van der Waals surface area (Å²) in [4.78, 5) is 15.8. The van der Waals surface area contributed by atoms with Crippen LogP contribution in [0.15, 0.2) is 4.52 Å². The van der Waals surface area contributed by atoms with Crippen molar-refractivity contribution in [3.8, 4) is 0 Å². The zero-order valence-corrected chi connectivity index (χ0v) is 11.1. The molecule has 0 amide bonds. The summed E-state index contributed by atoms with van der Waals surface area (Å²) >= 11 is 0. The third kappa shape index (κ3) is 4.10. The van der Waals surface area contributed by atoms with Crippen LogP contribution in [0.5, 0.6) is 0 Å². The lowest BCUT2D eigenvalue weighted by molar-refractivity contribution is -0.145. The van der Waals surface area contributed by atoms with Gasteiger partial charge < -0.3 is 14.0 Å². The van der Waals surface area contributed by atoms with Crippen molar-refractivity contribution >= 4 is 5.97 Å². The first-order chi connectivity index (χ1) is 8.72. The van der Waals surface area contributed by atoms with E-state index in [1.165, 1.54) is 0 Å². The van der Waals surface area contributed by atoms with E-state index in [0.717, 1.165) is 6.42 Å². The summed E-state index contributed by atoms with van der Waals surface area (Å²) in [5, 5.41) is 3.78. The molecule has 0 saturated heterocycles. The second-order valence-corrected chi connectivity index (χ2v) is 3.81. The van der Waals surface area contributed by atoms with Gasteiger partial charge in [0.2, 0.25) is 5.89 Å². The second-order valence-electron chi connectivity index (χ2n) is 3.81. The number of carbonyl (C=O) groups is 1. The lowest BCUT2D eigenvalue weighted by Crippen LogP contribution is -2.15. The van der Waals surface area contributed by atoms with Crippen molar-refractivity contribution in [1.29, 1.82) is 0 Å². The Morgan fingerprint density at radius 2 is 2.17 bits per heavy atom. The highest BCUT2D eigenvalue weighted by atomic mass is 16.5. The van der Waals surface area contributed by atoms with Gasteiger partial charge in [0, 0.05) is 6.61 Å². The smallest absolute Gasteiger partial charge is 0.318 e. The molecule has 0 aliphatic carbocycles. The molecule has 0 aliphatic heterocycles. The molecule has 0 aliphatic rings. The number of carbonyl (C=O) groups excluding carboxylic acids is 1. The molecule has 1 aromatic heterocycles. The van der Waals surface area contributed by atoms with E-state index in [0.29, 0.717) is 38.0 Å². The molecule has 6 heteroatoms. The largest absolute Gasteiger partial charge is 0.465 e. The van der Waals surface area contributed by atoms with Crippen LogP contribution in [0, 0.1) is 0 Å². The van der Waals surface area contributed by atoms with E-state index in [-0.39, 0.29) is 5.97 Å². The topological polar surface area (TPSA) is 74.5 Å². The number of ether oxygens (including phenoxy) is 2. The summed E-state index contributed by atoms with van der Waals surface area (Å²) in [6.45, 7) is 6.96. The van der Waals surface area contributed by atoms with Gasteiger partial charge in [-0.05, 0) is 19.8 Å². The molecule has 0 radical (unpaired) electrons. The monoisotopic (exact) mass is 256 g/mol. The average Bonchev–Trinajstić information content (AvgIpc) is 2.79. The van der Waals surface area contributed by atoms with Crippen LogP contribution in [0.3, 0.4) is 0 Å². The predicted molar refractivity (Wildman–Crippen MR) is 63.9 cm³/mol. The van der Waals surface area contributed by atoms with E-state index < -0.39 is 5.92 Å². The maximum absolute atomic E-state index is 11.7. The van der Waals surface area contributed by atoms with Crippen molar-refractivity contribution < 1.29 is 18.8 Å². The molecule has 0 spiro atoms. The van der Waals surface area contributed by atoms with Crippen molar-refractivity contribution in [2.75, 3.05) is 13.2 Å².